The van der Waals surface area contributed by atoms with Crippen LogP contribution in [0, 0.1) is 0 Å². The van der Waals surface area contributed by atoms with E-state index in [1.807, 2.05) is 11.8 Å². The summed E-state index contributed by atoms with van der Waals surface area (Å²) in [4.78, 5) is 0. The smallest absolute Gasteiger partial charge is 0.191 e. The molecule has 1 heterocycles. The Balaban J connectivity index is 1.34. The van der Waals surface area contributed by atoms with Crippen LogP contribution in [0.5, 0.6) is 0 Å². The number of aromatic nitrogens is 3. The van der Waals surface area contributed by atoms with Crippen LogP contribution in [0.15, 0.2) is 90.1 Å². The van der Waals surface area contributed by atoms with E-state index >= 15 is 0 Å². The maximum absolute atomic E-state index is 4.76. The average molecular weight is 464 g/mol. The first-order valence-electron chi connectivity index (χ1n) is 12.4. The molecule has 0 unspecified atom stereocenters. The van der Waals surface area contributed by atoms with E-state index in [2.05, 4.69) is 89.5 Å². The van der Waals surface area contributed by atoms with Gasteiger partial charge in [0.05, 0.1) is 0 Å². The van der Waals surface area contributed by atoms with E-state index in [0.29, 0.717) is 6.04 Å². The van der Waals surface area contributed by atoms with Crippen molar-refractivity contribution in [2.75, 3.05) is 0 Å². The van der Waals surface area contributed by atoms with Gasteiger partial charge in [-0.1, -0.05) is 116 Å². The molecule has 0 spiro atoms. The van der Waals surface area contributed by atoms with Crippen LogP contribution in [0.4, 0.5) is 0 Å². The lowest BCUT2D eigenvalue weighted by Gasteiger charge is -2.25. The second-order valence-corrected chi connectivity index (χ2v) is 10.2. The van der Waals surface area contributed by atoms with Gasteiger partial charge in [-0.2, -0.15) is 0 Å². The van der Waals surface area contributed by atoms with Crippen LogP contribution in [-0.4, -0.2) is 14.8 Å². The minimum Gasteiger partial charge on any atom is -0.303 e. The van der Waals surface area contributed by atoms with Gasteiger partial charge in [0.15, 0.2) is 5.16 Å². The molecule has 4 aromatic carbocycles. The largest absolute Gasteiger partial charge is 0.303 e. The van der Waals surface area contributed by atoms with Crippen LogP contribution >= 0.6 is 11.8 Å². The van der Waals surface area contributed by atoms with E-state index in [0.717, 1.165) is 23.2 Å². The molecule has 0 aliphatic heterocycles. The summed E-state index contributed by atoms with van der Waals surface area (Å²) in [7, 11) is 0. The SMILES string of the molecule is c1ccc2c(CSc3nnc(Cc4cccc5ccccc45)n3C3CCCCC3)cccc2c1. The van der Waals surface area contributed by atoms with Gasteiger partial charge in [-0.15, -0.1) is 10.2 Å². The van der Waals surface area contributed by atoms with Crippen molar-refractivity contribution < 1.29 is 0 Å². The molecular weight excluding hydrogens is 434 g/mol. The predicted molar refractivity (Wildman–Crippen MR) is 142 cm³/mol. The van der Waals surface area contributed by atoms with Crippen molar-refractivity contribution in [1.29, 1.82) is 0 Å². The predicted octanol–water partition coefficient (Wildman–Crippen LogP) is 7.97. The first kappa shape index (κ1) is 21.4. The molecule has 3 nitrogen and oxygen atoms in total. The highest BCUT2D eigenvalue weighted by atomic mass is 32.2. The summed E-state index contributed by atoms with van der Waals surface area (Å²) in [5, 5.41) is 15.8. The van der Waals surface area contributed by atoms with Gasteiger partial charge in [-0.3, -0.25) is 0 Å². The number of rotatable bonds is 6. The van der Waals surface area contributed by atoms with Crippen molar-refractivity contribution in [3.05, 3.63) is 102 Å². The second-order valence-electron chi connectivity index (χ2n) is 9.30. The van der Waals surface area contributed by atoms with E-state index in [4.69, 9.17) is 10.2 Å². The molecule has 0 amide bonds. The fraction of sp³-hybridized carbons (Fsp3) is 0.267. The third-order valence-corrected chi connectivity index (χ3v) is 8.13. The Morgan fingerprint density at radius 1 is 0.676 bits per heavy atom. The Kier molecular flexibility index (Phi) is 6.07. The molecule has 1 fully saturated rings. The van der Waals surface area contributed by atoms with Crippen LogP contribution in [0.3, 0.4) is 0 Å². The minimum absolute atomic E-state index is 0.503. The standard InChI is InChI=1S/C30H29N3S/c1-2-16-26(17-3-1)33-29(20-24-14-8-12-22-10-4-6-18-27(22)24)31-32-30(33)34-21-25-15-9-13-23-11-5-7-19-28(23)25/h4-15,18-19,26H,1-3,16-17,20-21H2. The molecular formula is C30H29N3S. The van der Waals surface area contributed by atoms with Crippen molar-refractivity contribution in [3.63, 3.8) is 0 Å². The molecule has 170 valence electrons. The molecule has 0 bridgehead atoms. The number of benzene rings is 4. The zero-order valence-electron chi connectivity index (χ0n) is 19.4. The van der Waals surface area contributed by atoms with Gasteiger partial charge in [0.1, 0.15) is 5.82 Å². The number of thioether (sulfide) groups is 1. The van der Waals surface area contributed by atoms with Gasteiger partial charge in [0, 0.05) is 18.2 Å². The van der Waals surface area contributed by atoms with Crippen molar-refractivity contribution in [2.45, 2.75) is 55.5 Å². The van der Waals surface area contributed by atoms with Crippen LogP contribution in [0.25, 0.3) is 21.5 Å². The summed E-state index contributed by atoms with van der Waals surface area (Å²) in [5.74, 6) is 2.00. The Labute approximate surface area is 205 Å². The summed E-state index contributed by atoms with van der Waals surface area (Å²) in [5.41, 5.74) is 2.69. The van der Waals surface area contributed by atoms with E-state index in [-0.39, 0.29) is 0 Å². The molecule has 1 aliphatic rings. The molecule has 1 saturated carbocycles. The summed E-state index contributed by atoms with van der Waals surface area (Å²) >= 11 is 1.83. The van der Waals surface area contributed by atoms with Crippen molar-refractivity contribution >= 4 is 33.3 Å². The molecule has 0 radical (unpaired) electrons. The first-order valence-corrected chi connectivity index (χ1v) is 13.4. The maximum atomic E-state index is 4.76. The van der Waals surface area contributed by atoms with Gasteiger partial charge in [0.2, 0.25) is 0 Å². The van der Waals surface area contributed by atoms with Gasteiger partial charge in [0.25, 0.3) is 0 Å². The van der Waals surface area contributed by atoms with E-state index in [1.165, 1.54) is 64.8 Å². The molecule has 1 aromatic heterocycles. The maximum Gasteiger partial charge on any atom is 0.191 e. The van der Waals surface area contributed by atoms with Crippen LogP contribution < -0.4 is 0 Å². The molecule has 1 aliphatic carbocycles. The number of nitrogens with zero attached hydrogens (tertiary/aromatic N) is 3. The molecule has 4 heteroatoms. The highest BCUT2D eigenvalue weighted by Gasteiger charge is 2.23. The molecule has 5 aromatic rings. The summed E-state index contributed by atoms with van der Waals surface area (Å²) < 4.78 is 2.48. The number of hydrogen-bond donors (Lipinski definition) is 0. The highest BCUT2D eigenvalue weighted by molar-refractivity contribution is 7.98. The van der Waals surface area contributed by atoms with E-state index < -0.39 is 0 Å². The molecule has 6 rings (SSSR count). The van der Waals surface area contributed by atoms with Crippen LogP contribution in [0.1, 0.15) is 55.1 Å². The highest BCUT2D eigenvalue weighted by Crippen LogP contribution is 2.35. The lowest BCUT2D eigenvalue weighted by atomic mass is 9.95. The van der Waals surface area contributed by atoms with Crippen molar-refractivity contribution in [3.8, 4) is 0 Å². The van der Waals surface area contributed by atoms with Crippen LogP contribution in [-0.2, 0) is 12.2 Å². The Morgan fingerprint density at radius 2 is 1.29 bits per heavy atom. The fourth-order valence-corrected chi connectivity index (χ4v) is 6.44. The monoisotopic (exact) mass is 463 g/mol. The van der Waals surface area contributed by atoms with Gasteiger partial charge < -0.3 is 4.57 Å². The average Bonchev–Trinajstić information content (AvgIpc) is 3.30. The first-order chi connectivity index (χ1) is 16.9. The third kappa shape index (κ3) is 4.23. The summed E-state index contributed by atoms with van der Waals surface area (Å²) in [6, 6.07) is 31.0. The summed E-state index contributed by atoms with van der Waals surface area (Å²) in [6.45, 7) is 0. The second kappa shape index (κ2) is 9.63. The zero-order chi connectivity index (χ0) is 22.7. The Hall–Kier alpha value is -3.11. The number of hydrogen-bond acceptors (Lipinski definition) is 3. The molecule has 0 N–H and O–H groups in total. The molecule has 34 heavy (non-hydrogen) atoms. The Morgan fingerprint density at radius 3 is 2.03 bits per heavy atom. The van der Waals surface area contributed by atoms with Crippen molar-refractivity contribution in [1.82, 2.24) is 14.8 Å². The molecule has 0 atom stereocenters. The van der Waals surface area contributed by atoms with E-state index in [1.54, 1.807) is 0 Å². The lowest BCUT2D eigenvalue weighted by Crippen LogP contribution is -2.17. The fourth-order valence-electron chi connectivity index (χ4n) is 5.41. The quantitative estimate of drug-likeness (QED) is 0.239. The zero-order valence-corrected chi connectivity index (χ0v) is 20.2. The van der Waals surface area contributed by atoms with Crippen molar-refractivity contribution in [2.24, 2.45) is 0 Å². The van der Waals surface area contributed by atoms with E-state index in [9.17, 15) is 0 Å². The summed E-state index contributed by atoms with van der Waals surface area (Å²) in [6.07, 6.45) is 7.20. The lowest BCUT2D eigenvalue weighted by molar-refractivity contribution is 0.330. The van der Waals surface area contributed by atoms with Gasteiger partial charge in [-0.05, 0) is 45.5 Å². The topological polar surface area (TPSA) is 30.7 Å². The third-order valence-electron chi connectivity index (χ3n) is 7.14. The normalized spacial score (nSPS) is 14.7. The Bertz CT molecular complexity index is 1420. The minimum atomic E-state index is 0.503. The van der Waals surface area contributed by atoms with Gasteiger partial charge >= 0.3 is 0 Å². The number of fused-ring (bicyclic) bond motifs is 2. The van der Waals surface area contributed by atoms with Gasteiger partial charge in [-0.25, -0.2) is 0 Å². The van der Waals surface area contributed by atoms with Crippen LogP contribution in [0.2, 0.25) is 0 Å². The molecule has 0 saturated heterocycles.